The summed E-state index contributed by atoms with van der Waals surface area (Å²) in [5.41, 5.74) is 0.939. The summed E-state index contributed by atoms with van der Waals surface area (Å²) in [7, 11) is 0. The van der Waals surface area contributed by atoms with Crippen LogP contribution >= 0.6 is 11.6 Å². The van der Waals surface area contributed by atoms with Crippen molar-refractivity contribution in [3.05, 3.63) is 64.0 Å². The van der Waals surface area contributed by atoms with Crippen LogP contribution in [0.2, 0.25) is 5.02 Å². The van der Waals surface area contributed by atoms with Crippen molar-refractivity contribution < 1.29 is 4.74 Å². The molecule has 1 fully saturated rings. The third-order valence-corrected chi connectivity index (χ3v) is 5.10. The van der Waals surface area contributed by atoms with Gasteiger partial charge in [-0.1, -0.05) is 41.9 Å². The van der Waals surface area contributed by atoms with Gasteiger partial charge < -0.3 is 10.1 Å². The summed E-state index contributed by atoms with van der Waals surface area (Å²) in [5, 5.41) is 9.87. The van der Waals surface area contributed by atoms with E-state index in [0.29, 0.717) is 17.3 Å². The third-order valence-electron chi connectivity index (χ3n) is 4.73. The average Bonchev–Trinajstić information content (AvgIpc) is 2.69. The summed E-state index contributed by atoms with van der Waals surface area (Å²) in [6.45, 7) is 2.30. The summed E-state index contributed by atoms with van der Waals surface area (Å²) < 4.78 is 6.82. The van der Waals surface area contributed by atoms with Gasteiger partial charge in [0, 0.05) is 13.2 Å². The first-order valence-corrected chi connectivity index (χ1v) is 9.19. The summed E-state index contributed by atoms with van der Waals surface area (Å²) in [6, 6.07) is 13.8. The molecule has 1 aliphatic heterocycles. The number of nitrogens with zero attached hydrogens (tertiary/aromatic N) is 2. The number of nitrogens with one attached hydrogen (secondary N) is 1. The number of hydrogen-bond donors (Lipinski definition) is 1. The van der Waals surface area contributed by atoms with E-state index < -0.39 is 0 Å². The smallest absolute Gasteiger partial charge is 0.292 e. The fourth-order valence-electron chi connectivity index (χ4n) is 3.27. The van der Waals surface area contributed by atoms with Crippen molar-refractivity contribution in [3.63, 3.8) is 0 Å². The van der Waals surface area contributed by atoms with Crippen LogP contribution < -0.4 is 10.9 Å². The second kappa shape index (κ2) is 7.48. The highest BCUT2D eigenvalue weighted by Gasteiger charge is 2.16. The maximum Gasteiger partial charge on any atom is 0.292 e. The van der Waals surface area contributed by atoms with Crippen LogP contribution in [0, 0.1) is 5.92 Å². The van der Waals surface area contributed by atoms with E-state index in [-0.39, 0.29) is 10.6 Å². The second-order valence-electron chi connectivity index (χ2n) is 6.58. The lowest BCUT2D eigenvalue weighted by Crippen LogP contribution is -2.26. The van der Waals surface area contributed by atoms with E-state index in [1.807, 2.05) is 42.5 Å². The number of hydrogen-bond acceptors (Lipinski definition) is 4. The Labute approximate surface area is 156 Å². The lowest BCUT2D eigenvalue weighted by atomic mass is 10.0. The zero-order valence-electron chi connectivity index (χ0n) is 14.3. The van der Waals surface area contributed by atoms with E-state index in [1.54, 1.807) is 6.20 Å². The molecule has 0 aliphatic carbocycles. The molecule has 6 heteroatoms. The Morgan fingerprint density at radius 3 is 2.88 bits per heavy atom. The first kappa shape index (κ1) is 17.1. The van der Waals surface area contributed by atoms with Crippen LogP contribution in [0.3, 0.4) is 0 Å². The first-order chi connectivity index (χ1) is 12.7. The second-order valence-corrected chi connectivity index (χ2v) is 6.96. The van der Waals surface area contributed by atoms with Crippen LogP contribution in [0.25, 0.3) is 16.5 Å². The van der Waals surface area contributed by atoms with Crippen LogP contribution in [0.4, 0.5) is 5.69 Å². The van der Waals surface area contributed by atoms with Gasteiger partial charge in [-0.25, -0.2) is 0 Å². The van der Waals surface area contributed by atoms with Gasteiger partial charge in [0.2, 0.25) is 0 Å². The molecule has 3 aromatic rings. The van der Waals surface area contributed by atoms with Gasteiger partial charge in [-0.05, 0) is 41.7 Å². The fraction of sp³-hybridized carbons (Fsp3) is 0.300. The number of benzene rings is 2. The first-order valence-electron chi connectivity index (χ1n) is 8.81. The van der Waals surface area contributed by atoms with Crippen LogP contribution in [-0.4, -0.2) is 29.5 Å². The Morgan fingerprint density at radius 1 is 1.23 bits per heavy atom. The van der Waals surface area contributed by atoms with E-state index in [9.17, 15) is 4.79 Å². The summed E-state index contributed by atoms with van der Waals surface area (Å²) >= 11 is 6.32. The van der Waals surface area contributed by atoms with Crippen molar-refractivity contribution in [1.82, 2.24) is 9.78 Å². The average molecular weight is 370 g/mol. The lowest BCUT2D eigenvalue weighted by Gasteiger charge is -2.22. The number of fused-ring (bicyclic) bond motifs is 1. The maximum atomic E-state index is 12.7. The molecular formula is C20H20ClN3O2. The van der Waals surface area contributed by atoms with Crippen LogP contribution in [0.1, 0.15) is 12.8 Å². The number of aromatic nitrogens is 2. The molecule has 1 atom stereocenters. The van der Waals surface area contributed by atoms with Gasteiger partial charge >= 0.3 is 0 Å². The van der Waals surface area contributed by atoms with Gasteiger partial charge in [-0.3, -0.25) is 4.79 Å². The molecule has 0 bridgehead atoms. The van der Waals surface area contributed by atoms with E-state index >= 15 is 0 Å². The Morgan fingerprint density at radius 2 is 2.08 bits per heavy atom. The zero-order valence-corrected chi connectivity index (χ0v) is 15.1. The van der Waals surface area contributed by atoms with E-state index in [4.69, 9.17) is 16.3 Å². The number of ether oxygens (including phenoxy) is 1. The van der Waals surface area contributed by atoms with Crippen molar-refractivity contribution in [3.8, 4) is 5.69 Å². The maximum absolute atomic E-state index is 12.7. The number of halogens is 1. The van der Waals surface area contributed by atoms with Crippen molar-refractivity contribution in [2.24, 2.45) is 5.92 Å². The van der Waals surface area contributed by atoms with Crippen LogP contribution in [0.15, 0.2) is 53.5 Å². The van der Waals surface area contributed by atoms with Gasteiger partial charge in [0.15, 0.2) is 0 Å². The quantitative estimate of drug-likeness (QED) is 0.758. The predicted octanol–water partition coefficient (Wildman–Crippen LogP) is 3.88. The van der Waals surface area contributed by atoms with Gasteiger partial charge in [0.25, 0.3) is 5.56 Å². The summed E-state index contributed by atoms with van der Waals surface area (Å²) in [4.78, 5) is 12.7. The molecule has 134 valence electrons. The SMILES string of the molecule is O=c1c(Cl)c(NC[C@H]2CCCOC2)cnn1-c1ccc2ccccc2c1. The van der Waals surface area contributed by atoms with E-state index in [0.717, 1.165) is 43.4 Å². The van der Waals surface area contributed by atoms with E-state index in [2.05, 4.69) is 10.4 Å². The standard InChI is InChI=1S/C20H20ClN3O2/c21-19-18(22-11-14-4-3-9-26-13-14)12-23-24(20(19)25)17-8-7-15-5-1-2-6-16(15)10-17/h1-2,5-8,10,12,14,22H,3-4,9,11,13H2/t14-/m1/s1. The van der Waals surface area contributed by atoms with Crippen LogP contribution in [0.5, 0.6) is 0 Å². The lowest BCUT2D eigenvalue weighted by molar-refractivity contribution is 0.0595. The molecule has 1 saturated heterocycles. The van der Waals surface area contributed by atoms with Crippen molar-refractivity contribution in [1.29, 1.82) is 0 Å². The number of rotatable bonds is 4. The molecule has 0 spiro atoms. The highest BCUT2D eigenvalue weighted by atomic mass is 35.5. The summed E-state index contributed by atoms with van der Waals surface area (Å²) in [5.74, 6) is 0.433. The Bertz CT molecular complexity index is 980. The molecule has 0 unspecified atom stereocenters. The predicted molar refractivity (Wildman–Crippen MR) is 104 cm³/mol. The van der Waals surface area contributed by atoms with Crippen molar-refractivity contribution >= 4 is 28.1 Å². The van der Waals surface area contributed by atoms with Gasteiger partial charge in [0.05, 0.1) is 24.2 Å². The molecule has 4 rings (SSSR count). The van der Waals surface area contributed by atoms with Crippen LogP contribution in [-0.2, 0) is 4.74 Å². The topological polar surface area (TPSA) is 56.1 Å². The van der Waals surface area contributed by atoms with Crippen molar-refractivity contribution in [2.75, 3.05) is 25.1 Å². The van der Waals surface area contributed by atoms with Crippen molar-refractivity contribution in [2.45, 2.75) is 12.8 Å². The largest absolute Gasteiger partial charge is 0.382 e. The fourth-order valence-corrected chi connectivity index (χ4v) is 3.47. The molecule has 1 N–H and O–H groups in total. The molecule has 1 aliphatic rings. The van der Waals surface area contributed by atoms with E-state index in [1.165, 1.54) is 4.68 Å². The molecule has 1 aromatic heterocycles. The third kappa shape index (κ3) is 3.45. The minimum Gasteiger partial charge on any atom is -0.382 e. The Balaban J connectivity index is 1.59. The normalized spacial score (nSPS) is 17.3. The number of anilines is 1. The Kier molecular flexibility index (Phi) is 4.91. The highest BCUT2D eigenvalue weighted by molar-refractivity contribution is 6.32. The zero-order chi connectivity index (χ0) is 17.9. The molecule has 0 radical (unpaired) electrons. The summed E-state index contributed by atoms with van der Waals surface area (Å²) in [6.07, 6.45) is 3.80. The molecule has 0 amide bonds. The monoisotopic (exact) mass is 369 g/mol. The molecule has 0 saturated carbocycles. The molecule has 2 heterocycles. The van der Waals surface area contributed by atoms with Gasteiger partial charge in [-0.15, -0.1) is 0 Å². The molecular weight excluding hydrogens is 350 g/mol. The molecule has 26 heavy (non-hydrogen) atoms. The molecule has 2 aromatic carbocycles. The van der Waals surface area contributed by atoms with Gasteiger partial charge in [-0.2, -0.15) is 9.78 Å². The minimum absolute atomic E-state index is 0.157. The Hall–Kier alpha value is -2.37. The highest BCUT2D eigenvalue weighted by Crippen LogP contribution is 2.21. The minimum atomic E-state index is -0.327. The molecule has 5 nitrogen and oxygen atoms in total. The van der Waals surface area contributed by atoms with Gasteiger partial charge in [0.1, 0.15) is 5.02 Å².